The normalized spacial score (nSPS) is 11.6. The second-order valence-electron chi connectivity index (χ2n) is 3.99. The highest BCUT2D eigenvalue weighted by Gasteiger charge is 2.01. The van der Waals surface area contributed by atoms with Gasteiger partial charge < -0.3 is 5.32 Å². The van der Waals surface area contributed by atoms with Crippen LogP contribution in [0.5, 0.6) is 0 Å². The Morgan fingerprint density at radius 3 is 2.59 bits per heavy atom. The lowest BCUT2D eigenvalue weighted by Crippen LogP contribution is -2.24. The van der Waals surface area contributed by atoms with Gasteiger partial charge in [0, 0.05) is 30.0 Å². The van der Waals surface area contributed by atoms with E-state index in [-0.39, 0.29) is 5.75 Å². The van der Waals surface area contributed by atoms with Gasteiger partial charge in [0.05, 0.1) is 5.75 Å². The van der Waals surface area contributed by atoms with Gasteiger partial charge in [0.1, 0.15) is 9.84 Å². The summed E-state index contributed by atoms with van der Waals surface area (Å²) in [7, 11) is -2.84. The molecule has 0 aromatic heterocycles. The van der Waals surface area contributed by atoms with E-state index in [9.17, 15) is 8.42 Å². The van der Waals surface area contributed by atoms with Crippen LogP contribution in [-0.2, 0) is 9.84 Å². The van der Waals surface area contributed by atoms with Crippen molar-refractivity contribution in [1.29, 1.82) is 0 Å². The Morgan fingerprint density at radius 1 is 1.24 bits per heavy atom. The van der Waals surface area contributed by atoms with E-state index in [1.165, 1.54) is 16.7 Å². The third-order valence-electron chi connectivity index (χ3n) is 2.28. The highest BCUT2D eigenvalue weighted by Crippen LogP contribution is 2.20. The summed E-state index contributed by atoms with van der Waals surface area (Å²) >= 11 is 1.79. The van der Waals surface area contributed by atoms with Crippen LogP contribution in [0.4, 0.5) is 0 Å². The molecule has 0 atom stereocenters. The lowest BCUT2D eigenvalue weighted by atomic mass is 10.2. The zero-order valence-electron chi connectivity index (χ0n) is 10.3. The minimum atomic E-state index is -2.84. The molecule has 1 aromatic rings. The van der Waals surface area contributed by atoms with Crippen molar-refractivity contribution in [2.75, 3.05) is 30.9 Å². The summed E-state index contributed by atoms with van der Waals surface area (Å²) in [6.07, 6.45) is 1.26. The number of aryl methyl sites for hydroxylation is 1. The van der Waals surface area contributed by atoms with Crippen molar-refractivity contribution in [3.8, 4) is 0 Å². The Morgan fingerprint density at radius 2 is 1.94 bits per heavy atom. The molecule has 0 aliphatic heterocycles. The fourth-order valence-electron chi connectivity index (χ4n) is 1.33. The zero-order valence-corrected chi connectivity index (χ0v) is 11.9. The largest absolute Gasteiger partial charge is 0.315 e. The summed E-state index contributed by atoms with van der Waals surface area (Å²) in [6.45, 7) is 3.46. The van der Waals surface area contributed by atoms with Crippen LogP contribution in [0.25, 0.3) is 0 Å². The van der Waals surface area contributed by atoms with Crippen LogP contribution < -0.4 is 5.32 Å². The highest BCUT2D eigenvalue weighted by atomic mass is 32.2. The minimum absolute atomic E-state index is 0.210. The van der Waals surface area contributed by atoms with Crippen molar-refractivity contribution in [2.24, 2.45) is 0 Å². The van der Waals surface area contributed by atoms with Gasteiger partial charge in [-0.05, 0) is 18.6 Å². The number of rotatable bonds is 7. The topological polar surface area (TPSA) is 46.2 Å². The van der Waals surface area contributed by atoms with E-state index in [1.54, 1.807) is 11.8 Å². The lowest BCUT2D eigenvalue weighted by Gasteiger charge is -2.06. The number of sulfone groups is 1. The predicted octanol–water partition coefficient (Wildman–Crippen LogP) is 1.72. The van der Waals surface area contributed by atoms with Crippen LogP contribution in [0.3, 0.4) is 0 Å². The van der Waals surface area contributed by atoms with Gasteiger partial charge >= 0.3 is 0 Å². The van der Waals surface area contributed by atoms with Crippen molar-refractivity contribution in [1.82, 2.24) is 5.32 Å². The Bertz CT molecular complexity index is 444. The second-order valence-corrected chi connectivity index (χ2v) is 7.39. The van der Waals surface area contributed by atoms with E-state index in [2.05, 4.69) is 24.4 Å². The van der Waals surface area contributed by atoms with Crippen molar-refractivity contribution >= 4 is 21.6 Å². The Kier molecular flexibility index (Phi) is 6.02. The predicted molar refractivity (Wildman–Crippen MR) is 74.5 cm³/mol. The Labute approximate surface area is 108 Å². The minimum Gasteiger partial charge on any atom is -0.315 e. The van der Waals surface area contributed by atoms with Crippen molar-refractivity contribution < 1.29 is 8.42 Å². The highest BCUT2D eigenvalue weighted by molar-refractivity contribution is 7.99. The van der Waals surface area contributed by atoms with Crippen molar-refractivity contribution in [3.05, 3.63) is 29.8 Å². The molecule has 0 aliphatic rings. The number of nitrogens with one attached hydrogen (secondary N) is 1. The van der Waals surface area contributed by atoms with Crippen LogP contribution in [0.15, 0.2) is 29.2 Å². The van der Waals surface area contributed by atoms with Gasteiger partial charge in [0.15, 0.2) is 0 Å². The molecule has 0 fully saturated rings. The summed E-state index contributed by atoms with van der Waals surface area (Å²) in [5, 5.41) is 3.13. The summed E-state index contributed by atoms with van der Waals surface area (Å²) in [6, 6.07) is 8.27. The first-order chi connectivity index (χ1) is 7.99. The summed E-state index contributed by atoms with van der Waals surface area (Å²) in [5.74, 6) is 1.16. The molecule has 0 radical (unpaired) electrons. The molecule has 1 N–H and O–H groups in total. The summed E-state index contributed by atoms with van der Waals surface area (Å²) < 4.78 is 21.8. The maximum absolute atomic E-state index is 10.9. The van der Waals surface area contributed by atoms with E-state index in [0.29, 0.717) is 6.54 Å². The molecule has 0 saturated carbocycles. The number of hydrogen-bond acceptors (Lipinski definition) is 4. The first kappa shape index (κ1) is 14.5. The molecular weight excluding hydrogens is 254 g/mol. The van der Waals surface area contributed by atoms with Gasteiger partial charge in [0.25, 0.3) is 0 Å². The molecule has 96 valence electrons. The van der Waals surface area contributed by atoms with Crippen LogP contribution in [0, 0.1) is 6.92 Å². The van der Waals surface area contributed by atoms with Crippen LogP contribution >= 0.6 is 11.8 Å². The van der Waals surface area contributed by atoms with Gasteiger partial charge in [-0.1, -0.05) is 18.2 Å². The average molecular weight is 273 g/mol. The number of benzene rings is 1. The summed E-state index contributed by atoms with van der Waals surface area (Å²) in [5.41, 5.74) is 1.29. The standard InChI is InChI=1S/C12H19NO2S2/c1-11-5-3-4-6-12(11)16-9-7-13-8-10-17(2,14)15/h3-6,13H,7-10H2,1-2H3. The van der Waals surface area contributed by atoms with E-state index in [1.807, 2.05) is 12.1 Å². The van der Waals surface area contributed by atoms with Crippen molar-refractivity contribution in [3.63, 3.8) is 0 Å². The second kappa shape index (κ2) is 7.03. The lowest BCUT2D eigenvalue weighted by molar-refractivity contribution is 0.598. The smallest absolute Gasteiger partial charge is 0.148 e. The van der Waals surface area contributed by atoms with Crippen LogP contribution in [0.2, 0.25) is 0 Å². The third kappa shape index (κ3) is 6.71. The SMILES string of the molecule is Cc1ccccc1SCCNCCS(C)(=O)=O. The Hall–Kier alpha value is -0.520. The van der Waals surface area contributed by atoms with Gasteiger partial charge in [-0.2, -0.15) is 0 Å². The molecule has 1 aromatic carbocycles. The quantitative estimate of drug-likeness (QED) is 0.607. The number of hydrogen-bond donors (Lipinski definition) is 1. The molecule has 1 rings (SSSR count). The Balaban J connectivity index is 2.15. The molecule has 0 spiro atoms. The number of thioether (sulfide) groups is 1. The molecule has 3 nitrogen and oxygen atoms in total. The molecule has 17 heavy (non-hydrogen) atoms. The van der Waals surface area contributed by atoms with Crippen LogP contribution in [-0.4, -0.2) is 39.3 Å². The first-order valence-corrected chi connectivity index (χ1v) is 8.60. The van der Waals surface area contributed by atoms with E-state index < -0.39 is 9.84 Å². The molecule has 5 heteroatoms. The maximum Gasteiger partial charge on any atom is 0.148 e. The zero-order chi connectivity index (χ0) is 12.7. The van der Waals surface area contributed by atoms with Crippen molar-refractivity contribution in [2.45, 2.75) is 11.8 Å². The summed E-state index contributed by atoms with van der Waals surface area (Å²) in [4.78, 5) is 1.29. The first-order valence-electron chi connectivity index (χ1n) is 5.56. The van der Waals surface area contributed by atoms with E-state index >= 15 is 0 Å². The molecule has 0 saturated heterocycles. The molecule has 0 aliphatic carbocycles. The fourth-order valence-corrected chi connectivity index (χ4v) is 2.79. The maximum atomic E-state index is 10.9. The van der Waals surface area contributed by atoms with E-state index in [4.69, 9.17) is 0 Å². The monoisotopic (exact) mass is 273 g/mol. The molecule has 0 amide bonds. The van der Waals surface area contributed by atoms with Gasteiger partial charge in [-0.15, -0.1) is 11.8 Å². The van der Waals surface area contributed by atoms with E-state index in [0.717, 1.165) is 12.3 Å². The molecule has 0 unspecified atom stereocenters. The fraction of sp³-hybridized carbons (Fsp3) is 0.500. The van der Waals surface area contributed by atoms with Gasteiger partial charge in [-0.25, -0.2) is 8.42 Å². The van der Waals surface area contributed by atoms with Gasteiger partial charge in [0.2, 0.25) is 0 Å². The van der Waals surface area contributed by atoms with Gasteiger partial charge in [-0.3, -0.25) is 0 Å². The molecule has 0 heterocycles. The molecular formula is C12H19NO2S2. The van der Waals surface area contributed by atoms with Crippen LogP contribution in [0.1, 0.15) is 5.56 Å². The average Bonchev–Trinajstić information content (AvgIpc) is 2.24. The molecule has 0 bridgehead atoms. The third-order valence-corrected chi connectivity index (χ3v) is 4.40.